The third-order valence-electron chi connectivity index (χ3n) is 0. The van der Waals surface area contributed by atoms with E-state index in [2.05, 4.69) is 0 Å². The maximum atomic E-state index is 7.29. The maximum absolute atomic E-state index is 7.29. The summed E-state index contributed by atoms with van der Waals surface area (Å²) in [5.41, 5.74) is 0. The van der Waals surface area contributed by atoms with Crippen LogP contribution < -0.4 is 0 Å². The Labute approximate surface area is 59.6 Å². The standard InChI is InChI=1S/CN.Au.Na/c1-2;;. The number of nitrogens with zero attached hydrogens (tertiary/aromatic N) is 1. The fourth-order valence-electron chi connectivity index (χ4n) is 0. The van der Waals surface area contributed by atoms with Crippen LogP contribution in [0.1, 0.15) is 0 Å². The van der Waals surface area contributed by atoms with Crippen molar-refractivity contribution in [2.75, 3.05) is 0 Å². The van der Waals surface area contributed by atoms with Gasteiger partial charge in [0, 0.05) is 29.6 Å². The van der Waals surface area contributed by atoms with E-state index >= 15 is 0 Å². The molecule has 0 aromatic rings. The molecule has 4 heavy (non-hydrogen) atoms. The Hall–Kier alpha value is 1.23. The van der Waals surface area contributed by atoms with Crippen LogP contribution in [0.25, 0.3) is 0 Å². The number of hydrogen-bond donors (Lipinski definition) is 0. The SMILES string of the molecule is N#[C][Au].[Na]. The molecule has 0 saturated carbocycles. The molecule has 1 nitrogen and oxygen atoms in total. The molecule has 0 unspecified atom stereocenters. The normalized spacial score (nSPS) is 2.25. The molecule has 0 aliphatic heterocycles. The molecule has 21 valence electrons. The molecule has 3 heteroatoms. The third-order valence-corrected chi connectivity index (χ3v) is 0. The molecule has 0 bridgehead atoms. The first-order valence-corrected chi connectivity index (χ1v) is 1.46. The van der Waals surface area contributed by atoms with Gasteiger partial charge in [-0.05, 0) is 0 Å². The Bertz CT molecular complexity index is 29.5. The second kappa shape index (κ2) is 8.87. The summed E-state index contributed by atoms with van der Waals surface area (Å²) >= 11 is 1.73. The van der Waals surface area contributed by atoms with E-state index in [1.54, 1.807) is 25.4 Å². The molecule has 0 atom stereocenters. The van der Waals surface area contributed by atoms with Crippen LogP contribution in [-0.2, 0) is 21.1 Å². The molecule has 0 aliphatic rings. The topological polar surface area (TPSA) is 23.8 Å². The van der Waals surface area contributed by atoms with Crippen molar-refractivity contribution in [1.82, 2.24) is 0 Å². The van der Waals surface area contributed by atoms with Gasteiger partial charge < -0.3 is 0 Å². The summed E-state index contributed by atoms with van der Waals surface area (Å²) in [7, 11) is 0. The summed E-state index contributed by atoms with van der Waals surface area (Å²) in [6, 6.07) is 0. The fraction of sp³-hybridized carbons (Fsp3) is 0. The zero-order chi connectivity index (χ0) is 2.71. The smallest absolute Gasteiger partial charge is 0 e. The molecular weight excluding hydrogens is 246 g/mol. The molecule has 0 fully saturated rings. The minimum atomic E-state index is 0. The average molecular weight is 246 g/mol. The van der Waals surface area contributed by atoms with Crippen LogP contribution in [-0.4, -0.2) is 29.6 Å². The van der Waals surface area contributed by atoms with Crippen LogP contribution in [0.3, 0.4) is 0 Å². The van der Waals surface area contributed by atoms with Gasteiger partial charge in [0.15, 0.2) is 0 Å². The Balaban J connectivity index is 0. The van der Waals surface area contributed by atoms with Crippen molar-refractivity contribution in [2.45, 2.75) is 0 Å². The van der Waals surface area contributed by atoms with Gasteiger partial charge >= 0.3 is 30.6 Å². The molecule has 0 aliphatic carbocycles. The zero-order valence-electron chi connectivity index (χ0n) is 2.25. The van der Waals surface area contributed by atoms with Gasteiger partial charge in [-0.1, -0.05) is 0 Å². The van der Waals surface area contributed by atoms with Crippen LogP contribution >= 0.6 is 0 Å². The van der Waals surface area contributed by atoms with Gasteiger partial charge in [0.25, 0.3) is 0 Å². The molecule has 0 saturated heterocycles. The third kappa shape index (κ3) is 10.6. The molecule has 0 N–H and O–H groups in total. The van der Waals surface area contributed by atoms with Gasteiger partial charge in [-0.25, -0.2) is 0 Å². The summed E-state index contributed by atoms with van der Waals surface area (Å²) in [6.07, 6.45) is 0. The Morgan fingerprint density at radius 1 is 1.75 bits per heavy atom. The van der Waals surface area contributed by atoms with E-state index < -0.39 is 0 Å². The van der Waals surface area contributed by atoms with Crippen LogP contribution in [0.4, 0.5) is 0 Å². The van der Waals surface area contributed by atoms with Crippen molar-refractivity contribution in [3.63, 3.8) is 0 Å². The summed E-state index contributed by atoms with van der Waals surface area (Å²) in [6.45, 7) is 0. The first-order chi connectivity index (χ1) is 1.41. The van der Waals surface area contributed by atoms with Crippen molar-refractivity contribution in [3.05, 3.63) is 0 Å². The van der Waals surface area contributed by atoms with E-state index in [-0.39, 0.29) is 29.6 Å². The van der Waals surface area contributed by atoms with Gasteiger partial charge in [0.05, 0.1) is 0 Å². The first-order valence-electron chi connectivity index (χ1n) is 0.374. The molecule has 0 rings (SSSR count). The van der Waals surface area contributed by atoms with Crippen molar-refractivity contribution < 1.29 is 21.1 Å². The average Bonchev–Trinajstić information content (AvgIpc) is 0.918. The second-order valence-electron chi connectivity index (χ2n) is 0.0674. The van der Waals surface area contributed by atoms with Crippen LogP contribution in [0.15, 0.2) is 0 Å². The number of nitriles is 1. The summed E-state index contributed by atoms with van der Waals surface area (Å²) in [4.78, 5) is 0. The Morgan fingerprint density at radius 3 is 1.75 bits per heavy atom. The van der Waals surface area contributed by atoms with Crippen LogP contribution in [0.2, 0.25) is 0 Å². The molecule has 0 amide bonds. The largest absolute Gasteiger partial charge is 0 e. The molecular formula is CAuNNa. The van der Waals surface area contributed by atoms with Gasteiger partial charge in [-0.3, -0.25) is 0 Å². The van der Waals surface area contributed by atoms with E-state index in [1.165, 1.54) is 0 Å². The second-order valence-corrected chi connectivity index (χ2v) is 0.552. The molecule has 1 radical (unpaired) electrons. The van der Waals surface area contributed by atoms with Gasteiger partial charge in [0.2, 0.25) is 0 Å². The zero-order valence-corrected chi connectivity index (χ0v) is 6.42. The van der Waals surface area contributed by atoms with Gasteiger partial charge in [-0.15, -0.1) is 0 Å². The Morgan fingerprint density at radius 2 is 1.75 bits per heavy atom. The molecule has 0 heterocycles. The van der Waals surface area contributed by atoms with Crippen LogP contribution in [0.5, 0.6) is 0 Å². The summed E-state index contributed by atoms with van der Waals surface area (Å²) in [5, 5.41) is 7.29. The number of hydrogen-bond acceptors (Lipinski definition) is 1. The van der Waals surface area contributed by atoms with E-state index in [1.807, 2.05) is 0 Å². The van der Waals surface area contributed by atoms with E-state index in [9.17, 15) is 0 Å². The molecule has 0 aromatic heterocycles. The minimum Gasteiger partial charge on any atom is 0 e. The molecule has 0 aromatic carbocycles. The predicted octanol–water partition coefficient (Wildman–Crippen LogP) is -0.367. The van der Waals surface area contributed by atoms with E-state index in [4.69, 9.17) is 5.26 Å². The Kier molecular flexibility index (Phi) is 19.9. The maximum Gasteiger partial charge on any atom is 0 e. The monoisotopic (exact) mass is 246 g/mol. The van der Waals surface area contributed by atoms with E-state index in [0.29, 0.717) is 0 Å². The van der Waals surface area contributed by atoms with Crippen molar-refractivity contribution in [3.8, 4) is 4.29 Å². The molecule has 0 spiro atoms. The van der Waals surface area contributed by atoms with Gasteiger partial charge in [-0.2, -0.15) is 0 Å². The van der Waals surface area contributed by atoms with Gasteiger partial charge in [0.1, 0.15) is 0 Å². The van der Waals surface area contributed by atoms with Crippen molar-refractivity contribution >= 4 is 29.6 Å². The predicted molar refractivity (Wildman–Crippen MR) is 11.4 cm³/mol. The summed E-state index contributed by atoms with van der Waals surface area (Å²) < 4.78 is 1.69. The summed E-state index contributed by atoms with van der Waals surface area (Å²) in [5.74, 6) is 0. The van der Waals surface area contributed by atoms with Crippen LogP contribution in [0, 0.1) is 9.55 Å². The fourth-order valence-corrected chi connectivity index (χ4v) is 0. The minimum absolute atomic E-state index is 0. The van der Waals surface area contributed by atoms with Crippen molar-refractivity contribution in [1.29, 1.82) is 5.26 Å². The number of rotatable bonds is 0. The quantitative estimate of drug-likeness (QED) is 0.535. The van der Waals surface area contributed by atoms with Crippen molar-refractivity contribution in [2.24, 2.45) is 0 Å². The van der Waals surface area contributed by atoms with E-state index in [0.717, 1.165) is 0 Å². The first kappa shape index (κ1) is 8.97.